The highest BCUT2D eigenvalue weighted by atomic mass is 35.5. The Kier molecular flexibility index (Phi) is 4.42. The summed E-state index contributed by atoms with van der Waals surface area (Å²) in [5.74, 6) is -4.58. The number of halogens is 7. The molecule has 0 saturated heterocycles. The topological polar surface area (TPSA) is 30.7 Å². The quantitative estimate of drug-likeness (QED) is 0.422. The van der Waals surface area contributed by atoms with Crippen LogP contribution in [0.1, 0.15) is 5.82 Å². The van der Waals surface area contributed by atoms with Crippen molar-refractivity contribution in [2.45, 2.75) is 6.18 Å². The molecular formula is C15H6Cl2F5N3. The highest BCUT2D eigenvalue weighted by molar-refractivity contribution is 6.31. The van der Waals surface area contributed by atoms with Crippen molar-refractivity contribution in [3.63, 3.8) is 0 Å². The van der Waals surface area contributed by atoms with Crippen molar-refractivity contribution >= 4 is 23.2 Å². The minimum absolute atomic E-state index is 0.0844. The van der Waals surface area contributed by atoms with Crippen LogP contribution in [-0.4, -0.2) is 14.8 Å². The molecule has 0 aliphatic rings. The van der Waals surface area contributed by atoms with Gasteiger partial charge in [-0.2, -0.15) is 13.2 Å². The van der Waals surface area contributed by atoms with E-state index in [1.165, 1.54) is 24.3 Å². The van der Waals surface area contributed by atoms with Gasteiger partial charge in [0.05, 0.1) is 16.3 Å². The average molecular weight is 394 g/mol. The molecule has 2 aromatic carbocycles. The lowest BCUT2D eigenvalue weighted by molar-refractivity contribution is -0.144. The number of alkyl halides is 3. The van der Waals surface area contributed by atoms with E-state index in [1.54, 1.807) is 0 Å². The molecule has 3 nitrogen and oxygen atoms in total. The first kappa shape index (κ1) is 17.6. The fraction of sp³-hybridized carbons (Fsp3) is 0.0667. The zero-order valence-corrected chi connectivity index (χ0v) is 13.5. The molecule has 10 heteroatoms. The minimum atomic E-state index is -4.90. The van der Waals surface area contributed by atoms with E-state index in [9.17, 15) is 22.0 Å². The van der Waals surface area contributed by atoms with Crippen molar-refractivity contribution in [3.8, 4) is 17.1 Å². The van der Waals surface area contributed by atoms with E-state index in [-0.39, 0.29) is 5.69 Å². The summed E-state index contributed by atoms with van der Waals surface area (Å²) in [6.07, 6.45) is -4.90. The van der Waals surface area contributed by atoms with Crippen molar-refractivity contribution in [3.05, 3.63) is 63.9 Å². The lowest BCUT2D eigenvalue weighted by atomic mass is 10.1. The zero-order chi connectivity index (χ0) is 18.4. The van der Waals surface area contributed by atoms with Crippen molar-refractivity contribution in [2.24, 2.45) is 0 Å². The number of hydrogen-bond acceptors (Lipinski definition) is 2. The van der Waals surface area contributed by atoms with Gasteiger partial charge in [0.2, 0.25) is 0 Å². The molecule has 3 aromatic rings. The Balaban J connectivity index is 2.31. The summed E-state index contributed by atoms with van der Waals surface area (Å²) in [4.78, 5) is 3.27. The van der Waals surface area contributed by atoms with Gasteiger partial charge in [-0.15, -0.1) is 5.10 Å². The molecule has 0 amide bonds. The summed E-state index contributed by atoms with van der Waals surface area (Å²) in [6, 6.07) is 7.22. The van der Waals surface area contributed by atoms with E-state index in [0.29, 0.717) is 9.70 Å². The highest BCUT2D eigenvalue weighted by Gasteiger charge is 2.38. The predicted octanol–water partition coefficient (Wildman–Crippen LogP) is 5.54. The monoisotopic (exact) mass is 393 g/mol. The third kappa shape index (κ3) is 3.32. The lowest BCUT2D eigenvalue weighted by Gasteiger charge is -2.08. The minimum Gasteiger partial charge on any atom is -0.212 e. The molecule has 3 rings (SSSR count). The maximum absolute atomic E-state index is 14.3. The summed E-state index contributed by atoms with van der Waals surface area (Å²) >= 11 is 11.4. The summed E-state index contributed by atoms with van der Waals surface area (Å²) in [5.41, 5.74) is -0.730. The van der Waals surface area contributed by atoms with Gasteiger partial charge in [0.25, 0.3) is 5.82 Å². The molecule has 0 unspecified atom stereocenters. The molecule has 0 N–H and O–H groups in total. The summed E-state index contributed by atoms with van der Waals surface area (Å²) in [5, 5.41) is 3.19. The fourth-order valence-corrected chi connectivity index (χ4v) is 2.37. The van der Waals surface area contributed by atoms with E-state index in [1.807, 2.05) is 0 Å². The Morgan fingerprint density at radius 1 is 0.920 bits per heavy atom. The lowest BCUT2D eigenvalue weighted by Crippen LogP contribution is -2.08. The number of benzene rings is 2. The van der Waals surface area contributed by atoms with Gasteiger partial charge < -0.3 is 0 Å². The zero-order valence-electron chi connectivity index (χ0n) is 12.0. The van der Waals surface area contributed by atoms with Crippen LogP contribution in [-0.2, 0) is 6.18 Å². The molecule has 1 heterocycles. The number of rotatable bonds is 2. The first-order valence-corrected chi connectivity index (χ1v) is 7.38. The average Bonchev–Trinajstić information content (AvgIpc) is 2.97. The van der Waals surface area contributed by atoms with Crippen LogP contribution in [0.4, 0.5) is 22.0 Å². The molecule has 1 aromatic heterocycles. The van der Waals surface area contributed by atoms with E-state index < -0.39 is 40.0 Å². The van der Waals surface area contributed by atoms with Gasteiger partial charge in [-0.3, -0.25) is 0 Å². The number of hydrogen-bond donors (Lipinski definition) is 0. The largest absolute Gasteiger partial charge is 0.453 e. The van der Waals surface area contributed by atoms with E-state index in [4.69, 9.17) is 23.2 Å². The molecular weight excluding hydrogens is 388 g/mol. The fourth-order valence-electron chi connectivity index (χ4n) is 2.09. The standard InChI is InChI=1S/C15H6Cl2F5N3/c16-7-1-3-8(4-2-7)25-13(23-14(24-25)15(20,21)22)11-10(18)6-5-9(17)12(11)19/h1-6H. The molecule has 0 aliphatic carbocycles. The van der Waals surface area contributed by atoms with Crippen LogP contribution < -0.4 is 0 Å². The summed E-state index contributed by atoms with van der Waals surface area (Å²) in [7, 11) is 0. The first-order valence-electron chi connectivity index (χ1n) is 6.62. The molecule has 25 heavy (non-hydrogen) atoms. The van der Waals surface area contributed by atoms with Gasteiger partial charge in [-0.05, 0) is 36.4 Å². The van der Waals surface area contributed by atoms with Crippen LogP contribution >= 0.6 is 23.2 Å². The third-order valence-electron chi connectivity index (χ3n) is 3.20. The van der Waals surface area contributed by atoms with Crippen LogP contribution in [0.5, 0.6) is 0 Å². The third-order valence-corrected chi connectivity index (χ3v) is 3.74. The molecule has 0 saturated carbocycles. The highest BCUT2D eigenvalue weighted by Crippen LogP contribution is 2.34. The number of aromatic nitrogens is 3. The maximum atomic E-state index is 14.3. The van der Waals surface area contributed by atoms with Crippen molar-refractivity contribution in [1.29, 1.82) is 0 Å². The van der Waals surface area contributed by atoms with Crippen molar-refractivity contribution in [1.82, 2.24) is 14.8 Å². The Labute approximate surface area is 147 Å². The Hall–Kier alpha value is -2.19. The second kappa shape index (κ2) is 6.27. The van der Waals surface area contributed by atoms with E-state index in [2.05, 4.69) is 10.1 Å². The Morgan fingerprint density at radius 2 is 1.56 bits per heavy atom. The van der Waals surface area contributed by atoms with Crippen LogP contribution in [0, 0.1) is 11.6 Å². The molecule has 0 fully saturated rings. The van der Waals surface area contributed by atoms with Gasteiger partial charge in [0.15, 0.2) is 11.6 Å². The molecule has 0 aliphatic heterocycles. The van der Waals surface area contributed by atoms with Crippen LogP contribution in [0.3, 0.4) is 0 Å². The van der Waals surface area contributed by atoms with Gasteiger partial charge in [-0.25, -0.2) is 18.4 Å². The molecule has 130 valence electrons. The van der Waals surface area contributed by atoms with E-state index in [0.717, 1.165) is 12.1 Å². The van der Waals surface area contributed by atoms with Crippen LogP contribution in [0.2, 0.25) is 10.0 Å². The predicted molar refractivity (Wildman–Crippen MR) is 81.7 cm³/mol. The number of nitrogens with zero attached hydrogens (tertiary/aromatic N) is 3. The first-order chi connectivity index (χ1) is 11.7. The van der Waals surface area contributed by atoms with Crippen molar-refractivity contribution < 1.29 is 22.0 Å². The smallest absolute Gasteiger partial charge is 0.212 e. The molecule has 0 atom stereocenters. The summed E-state index contributed by atoms with van der Waals surface area (Å²) < 4.78 is 68.0. The van der Waals surface area contributed by atoms with Crippen LogP contribution in [0.15, 0.2) is 36.4 Å². The normalized spacial score (nSPS) is 11.8. The maximum Gasteiger partial charge on any atom is 0.453 e. The summed E-state index contributed by atoms with van der Waals surface area (Å²) in [6.45, 7) is 0. The molecule has 0 spiro atoms. The van der Waals surface area contributed by atoms with Crippen molar-refractivity contribution in [2.75, 3.05) is 0 Å². The molecule has 0 bridgehead atoms. The van der Waals surface area contributed by atoms with Gasteiger partial charge >= 0.3 is 6.18 Å². The van der Waals surface area contributed by atoms with Crippen LogP contribution in [0.25, 0.3) is 17.1 Å². The van der Waals surface area contributed by atoms with Gasteiger partial charge in [0.1, 0.15) is 5.82 Å². The SMILES string of the molecule is Fc1ccc(Cl)c(F)c1-c1nc(C(F)(F)F)nn1-c1ccc(Cl)cc1. The Bertz CT molecular complexity index is 936. The molecule has 0 radical (unpaired) electrons. The van der Waals surface area contributed by atoms with Gasteiger partial charge in [0, 0.05) is 5.02 Å². The van der Waals surface area contributed by atoms with E-state index >= 15 is 0 Å². The van der Waals surface area contributed by atoms with Gasteiger partial charge in [-0.1, -0.05) is 23.2 Å². The second-order valence-corrected chi connectivity index (χ2v) is 5.71. The Morgan fingerprint density at radius 3 is 2.16 bits per heavy atom. The second-order valence-electron chi connectivity index (χ2n) is 4.86.